The molecule has 0 unspecified atom stereocenters. The Morgan fingerprint density at radius 1 is 0.605 bits per heavy atom. The second kappa shape index (κ2) is 35.3. The molecule has 9 aromatic rings. The van der Waals surface area contributed by atoms with Gasteiger partial charge in [-0.3, -0.25) is 9.59 Å². The van der Waals surface area contributed by atoms with Crippen molar-refractivity contribution in [2.24, 2.45) is 0 Å². The van der Waals surface area contributed by atoms with Crippen LogP contribution >= 0.6 is 11.6 Å². The van der Waals surface area contributed by atoms with Crippen LogP contribution in [0.4, 0.5) is 40.2 Å². The number of carbonyl (C=O) groups is 5. The van der Waals surface area contributed by atoms with Crippen LogP contribution in [0.1, 0.15) is 180 Å². The smallest absolute Gasteiger partial charge is 0.407 e. The highest BCUT2D eigenvalue weighted by atomic mass is 35.5. The summed E-state index contributed by atoms with van der Waals surface area (Å²) in [5, 5.41) is 20.9. The fourth-order valence-electron chi connectivity index (χ4n) is 14.6. The topological polar surface area (TPSA) is 363 Å². The maximum absolute atomic E-state index is 14.4. The lowest BCUT2D eigenvalue weighted by molar-refractivity contribution is 0.0514. The van der Waals surface area contributed by atoms with Gasteiger partial charge in [0.2, 0.25) is 11.8 Å². The van der Waals surface area contributed by atoms with Gasteiger partial charge in [0.05, 0.1) is 114 Å². The number of hydrogen-bond donors (Lipinski definition) is 4. The number of alkyl carbamates (subject to hydrolysis) is 2. The van der Waals surface area contributed by atoms with Crippen LogP contribution in [0.25, 0.3) is 16.9 Å². The molecule has 0 radical (unpaired) electrons. The molecule has 4 aliphatic heterocycles. The molecule has 37 heteroatoms. The molecule has 9 aromatic heterocycles. The third kappa shape index (κ3) is 18.9. The molecule has 0 aromatic carbocycles. The zero-order valence-corrected chi connectivity index (χ0v) is 65.3. The number of nitrogens with zero attached hydrogens (tertiary/aromatic N) is 14. The van der Waals surface area contributed by atoms with E-state index in [0.717, 1.165) is 82.8 Å². The normalized spacial score (nSPS) is 19.1. The van der Waals surface area contributed by atoms with Crippen LogP contribution in [0.3, 0.4) is 0 Å². The lowest BCUT2D eigenvalue weighted by Crippen LogP contribution is -2.47. The molecule has 608 valence electrons. The number of anilines is 3. The van der Waals surface area contributed by atoms with Crippen molar-refractivity contribution in [1.82, 2.24) is 74.7 Å². The van der Waals surface area contributed by atoms with Gasteiger partial charge in [-0.15, -0.1) is 11.6 Å². The molecule has 3 amide bonds. The number of nitrogens with one attached hydrogen (secondary N) is 4. The number of carbonyl (C=O) groups excluding carboxylic acids is 5. The van der Waals surface area contributed by atoms with Gasteiger partial charge >= 0.3 is 24.1 Å². The molecular formula is C77H92ClF3N18O15. The third-order valence-electron chi connectivity index (χ3n) is 19.5. The number of alkyl halides is 1. The Morgan fingerprint density at radius 2 is 1.11 bits per heavy atom. The van der Waals surface area contributed by atoms with E-state index in [1.165, 1.54) is 45.8 Å². The monoisotopic (exact) mass is 1600 g/mol. The van der Waals surface area contributed by atoms with Gasteiger partial charge in [-0.05, 0) is 151 Å². The predicted octanol–water partition coefficient (Wildman–Crippen LogP) is 10.3. The Balaban J connectivity index is 0.000000141. The second-order valence-electron chi connectivity index (χ2n) is 30.0. The van der Waals surface area contributed by atoms with E-state index in [1.54, 1.807) is 57.7 Å². The molecule has 16 rings (SSSR count). The zero-order valence-electron chi connectivity index (χ0n) is 64.6. The first-order valence-electron chi connectivity index (χ1n) is 38.3. The van der Waals surface area contributed by atoms with E-state index in [0.29, 0.717) is 137 Å². The number of aromatic nitrogens is 12. The number of hydrogen-bond acceptors (Lipinski definition) is 26. The summed E-state index contributed by atoms with van der Waals surface area (Å²) in [5.41, 5.74) is 2.20. The minimum atomic E-state index is -0.580. The van der Waals surface area contributed by atoms with Crippen molar-refractivity contribution >= 4 is 76.0 Å². The largest absolute Gasteiger partial charge is 0.483 e. The first kappa shape index (κ1) is 80.6. The summed E-state index contributed by atoms with van der Waals surface area (Å²) in [6, 6.07) is 4.22. The van der Waals surface area contributed by atoms with Crippen LogP contribution in [0.5, 0.6) is 29.0 Å². The SMILES string of the molecule is CC(C)(C)OC(=O)NCCCCl.CCOC(=O)c1cnn2cc3c(nc12)N(Cc1cc(F)c[nH]c1=O)[C@@H]1CCC[C@@H]1O3.CCOC(=O)c1cnn2cc3c(nc12)N(Cc1cc(F)cnc1OCCCNC(=O)OC(C)(C)C)[C@@H]1CCC[C@@H]1O3.O=C1NCCCOc2ncc(F)cc2CN2c3nc4c1cnn4cc3O[C@H]1CCC[C@H]12. The molecule has 6 atom stereocenters. The molecule has 2 bridgehead atoms. The van der Waals surface area contributed by atoms with E-state index in [9.17, 15) is 41.9 Å². The Morgan fingerprint density at radius 3 is 1.69 bits per heavy atom. The summed E-state index contributed by atoms with van der Waals surface area (Å²) in [5.74, 6) is 1.88. The Kier molecular flexibility index (Phi) is 24.9. The summed E-state index contributed by atoms with van der Waals surface area (Å²) in [6.07, 6.45) is 22.1. The average Bonchev–Trinajstić information content (AvgIpc) is 1.53. The van der Waals surface area contributed by atoms with E-state index in [1.807, 2.05) is 25.7 Å². The first-order chi connectivity index (χ1) is 54.8. The highest BCUT2D eigenvalue weighted by Crippen LogP contribution is 2.46. The molecular weight excluding hydrogens is 1510 g/mol. The first-order valence-corrected chi connectivity index (χ1v) is 38.8. The number of esters is 2. The van der Waals surface area contributed by atoms with Crippen molar-refractivity contribution < 1.29 is 79.8 Å². The maximum atomic E-state index is 14.4. The van der Waals surface area contributed by atoms with Crippen molar-refractivity contribution in [2.75, 3.05) is 66.6 Å². The van der Waals surface area contributed by atoms with Crippen LogP contribution < -0.4 is 59.9 Å². The third-order valence-corrected chi connectivity index (χ3v) is 19.7. The molecule has 4 N–H and O–H groups in total. The van der Waals surface area contributed by atoms with Crippen LogP contribution in [0, 0.1) is 17.5 Å². The number of aromatic amines is 1. The average molecular weight is 1600 g/mol. The summed E-state index contributed by atoms with van der Waals surface area (Å²) in [6.45, 7) is 17.6. The molecule has 13 heterocycles. The highest BCUT2D eigenvalue weighted by molar-refractivity contribution is 6.17. The lowest BCUT2D eigenvalue weighted by atomic mass is 10.1. The van der Waals surface area contributed by atoms with Crippen LogP contribution in [-0.4, -0.2) is 188 Å². The van der Waals surface area contributed by atoms with E-state index >= 15 is 0 Å². The fourth-order valence-corrected chi connectivity index (χ4v) is 14.7. The van der Waals surface area contributed by atoms with Crippen molar-refractivity contribution in [3.8, 4) is 29.0 Å². The van der Waals surface area contributed by atoms with Gasteiger partial charge in [-0.2, -0.15) is 15.3 Å². The van der Waals surface area contributed by atoms with Gasteiger partial charge in [0.15, 0.2) is 51.6 Å². The predicted molar refractivity (Wildman–Crippen MR) is 407 cm³/mol. The van der Waals surface area contributed by atoms with E-state index < -0.39 is 46.7 Å². The molecule has 3 aliphatic carbocycles. The maximum Gasteiger partial charge on any atom is 0.407 e. The van der Waals surface area contributed by atoms with Gasteiger partial charge in [0.25, 0.3) is 11.5 Å². The van der Waals surface area contributed by atoms with Gasteiger partial charge in [0.1, 0.15) is 63.7 Å². The quantitative estimate of drug-likeness (QED) is 0.0302. The summed E-state index contributed by atoms with van der Waals surface area (Å²) < 4.78 is 97.8. The molecule has 0 spiro atoms. The van der Waals surface area contributed by atoms with Gasteiger partial charge in [0, 0.05) is 48.4 Å². The molecule has 3 fully saturated rings. The zero-order chi connectivity index (χ0) is 80.5. The Bertz CT molecular complexity index is 5050. The second-order valence-corrected chi connectivity index (χ2v) is 30.4. The van der Waals surface area contributed by atoms with E-state index in [4.69, 9.17) is 64.2 Å². The van der Waals surface area contributed by atoms with E-state index in [2.05, 4.69) is 61.0 Å². The van der Waals surface area contributed by atoms with Crippen LogP contribution in [0.2, 0.25) is 0 Å². The summed E-state index contributed by atoms with van der Waals surface area (Å²) in [7, 11) is 0. The number of rotatable bonds is 16. The molecule has 114 heavy (non-hydrogen) atoms. The fraction of sp³-hybridized carbons (Fsp3) is 0.506. The van der Waals surface area contributed by atoms with Crippen molar-refractivity contribution in [2.45, 2.75) is 200 Å². The number of amides is 3. The number of halogens is 4. The van der Waals surface area contributed by atoms with Crippen molar-refractivity contribution in [3.63, 3.8) is 0 Å². The standard InChI is InChI=1S/C28H35FN6O6.C21H21FN6O3.C20H20FN5O4.C8H16ClNO2/c1-5-38-26(36)19-14-32-35-16-22-24(33-23(19)35)34(20-8-6-9-21(20)40-22)15-17-12-18(29)13-31-25(17)39-11-7-10-30-27(37)41-28(2,3)4;22-13-7-12-10-27-15-3-1-4-16(15)31-17-11-28-18(26-19(17)27)14(9-25-28)20(29)23-5-2-6-30-21(12)24-8-13;1-2-29-20(28)13-8-23-26-10-16-18(24-17(13)26)25(14-4-3-5-15(14)30-16)9-11-6-12(21)7-22-19(11)27;1-8(2,3)12-7(11)10-6-4-5-9/h12-14,16,20-21H,5-11,15H2,1-4H3,(H,30,37);7-9,11,15-16H,1-6,10H2,(H,23,29);6-8,10,14-15H,2-5,9H2,1H3,(H,22,27);4-6H2,1-3H3,(H,10,11)/t20-,21+;15-,16+;14-,15+;/m111./s1. The number of fused-ring (bicyclic) bond motifs is 9. The van der Waals surface area contributed by atoms with Gasteiger partial charge in [-0.1, -0.05) is 0 Å². The van der Waals surface area contributed by atoms with E-state index in [-0.39, 0.29) is 98.0 Å². The number of H-pyrrole nitrogens is 1. The highest BCUT2D eigenvalue weighted by Gasteiger charge is 2.45. The molecule has 0 saturated heterocycles. The number of pyridine rings is 3. The molecule has 33 nitrogen and oxygen atoms in total. The van der Waals surface area contributed by atoms with Crippen molar-refractivity contribution in [3.05, 3.63) is 135 Å². The lowest BCUT2D eigenvalue weighted by Gasteiger charge is -2.39. The van der Waals surface area contributed by atoms with Crippen molar-refractivity contribution in [1.29, 1.82) is 0 Å². The Hall–Kier alpha value is -11.5. The summed E-state index contributed by atoms with van der Waals surface area (Å²) in [4.78, 5) is 104. The number of ether oxygens (including phenoxy) is 9. The van der Waals surface area contributed by atoms with Gasteiger partial charge in [-0.25, -0.2) is 70.8 Å². The molecule has 7 aliphatic rings. The molecule has 3 saturated carbocycles. The van der Waals surface area contributed by atoms with Crippen LogP contribution in [-0.2, 0) is 38.6 Å². The Labute approximate surface area is 658 Å². The minimum absolute atomic E-state index is 0.000519. The van der Waals surface area contributed by atoms with Crippen LogP contribution in [0.15, 0.2) is 78.8 Å². The minimum Gasteiger partial charge on any atom is -0.483 e. The van der Waals surface area contributed by atoms with Gasteiger partial charge < -0.3 is 78.3 Å². The summed E-state index contributed by atoms with van der Waals surface area (Å²) >= 11 is 5.43.